The van der Waals surface area contributed by atoms with Crippen LogP contribution in [-0.2, 0) is 30.7 Å². The maximum Gasteiger partial charge on any atom is -0.0253 e. The van der Waals surface area contributed by atoms with Gasteiger partial charge >= 0.3 is 41.3 Å². The summed E-state index contributed by atoms with van der Waals surface area (Å²) in [6.45, 7) is 13.1. The molecule has 0 spiro atoms. The van der Waals surface area contributed by atoms with E-state index in [9.17, 15) is 0 Å². The van der Waals surface area contributed by atoms with Crippen molar-refractivity contribution >= 4 is 3.21 Å². The molecule has 0 heterocycles. The summed E-state index contributed by atoms with van der Waals surface area (Å²) in [7, 11) is 0. The Morgan fingerprint density at radius 1 is 0.966 bits per heavy atom. The fourth-order valence-corrected chi connectivity index (χ4v) is 3.08. The number of halogens is 2. The Balaban J connectivity index is 0.000000443. The van der Waals surface area contributed by atoms with Gasteiger partial charge in [0.1, 0.15) is 0 Å². The van der Waals surface area contributed by atoms with Crippen LogP contribution in [0.3, 0.4) is 0 Å². The molecule has 0 atom stereocenters. The van der Waals surface area contributed by atoms with E-state index in [1.54, 1.807) is 24.2 Å². The van der Waals surface area contributed by atoms with Crippen molar-refractivity contribution in [3.63, 3.8) is 0 Å². The molecule has 2 aliphatic rings. The quantitative estimate of drug-likeness (QED) is 0.400. The van der Waals surface area contributed by atoms with Gasteiger partial charge in [-0.25, -0.2) is 11.6 Å². The van der Waals surface area contributed by atoms with Gasteiger partial charge in [-0.3, -0.25) is 6.08 Å². The Morgan fingerprint density at radius 2 is 1.55 bits per heavy atom. The number of fused-ring (bicyclic) bond motifs is 3. The molecule has 4 rings (SSSR count). The van der Waals surface area contributed by atoms with Crippen molar-refractivity contribution < 1.29 is 49.0 Å². The molecule has 0 aliphatic heterocycles. The summed E-state index contributed by atoms with van der Waals surface area (Å²) in [6, 6.07) is 18.1. The molecular formula is C26H30Cl2Zr-2. The van der Waals surface area contributed by atoms with Crippen molar-refractivity contribution in [3.05, 3.63) is 83.0 Å². The third kappa shape index (κ3) is 8.87. The van der Waals surface area contributed by atoms with Crippen LogP contribution in [0.15, 0.2) is 59.7 Å². The molecule has 0 N–H and O–H groups in total. The number of hydrogen-bond acceptors (Lipinski definition) is 0. The van der Waals surface area contributed by atoms with E-state index in [2.05, 4.69) is 96.2 Å². The predicted octanol–water partition coefficient (Wildman–Crippen LogP) is 0.923. The normalized spacial score (nSPS) is 13.0. The second-order valence-electron chi connectivity index (χ2n) is 8.35. The van der Waals surface area contributed by atoms with Crippen LogP contribution in [-0.4, -0.2) is 3.21 Å². The van der Waals surface area contributed by atoms with Crippen LogP contribution >= 0.6 is 0 Å². The van der Waals surface area contributed by atoms with E-state index in [1.807, 2.05) is 6.07 Å². The maximum atomic E-state index is 3.30. The summed E-state index contributed by atoms with van der Waals surface area (Å²) in [5, 5.41) is 0. The van der Waals surface area contributed by atoms with E-state index in [4.69, 9.17) is 0 Å². The number of benzene rings is 2. The van der Waals surface area contributed by atoms with Crippen molar-refractivity contribution in [1.82, 2.24) is 0 Å². The van der Waals surface area contributed by atoms with Crippen LogP contribution in [0.25, 0.3) is 11.1 Å². The molecule has 2 aliphatic carbocycles. The van der Waals surface area contributed by atoms with E-state index >= 15 is 0 Å². The molecule has 0 radical (unpaired) electrons. The minimum atomic E-state index is 0. The first kappa shape index (κ1) is 28.3. The second kappa shape index (κ2) is 12.8. The van der Waals surface area contributed by atoms with Gasteiger partial charge in [-0.2, -0.15) is 35.4 Å². The molecular weight excluding hydrogens is 474 g/mol. The smallest absolute Gasteiger partial charge is 0.0253 e. The first-order valence-corrected chi connectivity index (χ1v) is 10.8. The van der Waals surface area contributed by atoms with Gasteiger partial charge < -0.3 is 24.8 Å². The molecule has 0 unspecified atom stereocenters. The van der Waals surface area contributed by atoms with Gasteiger partial charge in [0.05, 0.1) is 0 Å². The molecule has 0 bridgehead atoms. The maximum absolute atomic E-state index is 3.30. The number of rotatable bonds is 0. The summed E-state index contributed by atoms with van der Waals surface area (Å²) in [5.41, 5.74) is 8.65. The SMILES string of the molecule is CC1=[C-]CC(C(C)(C)C)=C1.C[C](C)=[Zr+2].[Cl-].[Cl-].[c-]1cccc2c1Cc1ccccc1-2. The Bertz CT molecular complexity index is 823. The molecule has 29 heavy (non-hydrogen) atoms. The molecule has 2 aromatic carbocycles. The largest absolute Gasteiger partial charge is 1.00 e. The van der Waals surface area contributed by atoms with Gasteiger partial charge in [-0.15, -0.1) is 12.0 Å². The average Bonchev–Trinajstić information content (AvgIpc) is 3.18. The van der Waals surface area contributed by atoms with Gasteiger partial charge in [0.25, 0.3) is 0 Å². The summed E-state index contributed by atoms with van der Waals surface area (Å²) in [6.07, 6.45) is 7.64. The zero-order chi connectivity index (χ0) is 20.0. The summed E-state index contributed by atoms with van der Waals surface area (Å²) in [5.74, 6) is 0. The predicted molar refractivity (Wildman–Crippen MR) is 114 cm³/mol. The molecule has 0 fully saturated rings. The molecule has 0 aromatic heterocycles. The molecule has 3 heteroatoms. The van der Waals surface area contributed by atoms with Gasteiger partial charge in [-0.05, 0) is 11.8 Å². The van der Waals surface area contributed by atoms with E-state index in [1.165, 1.54) is 36.6 Å². The minimum absolute atomic E-state index is 0. The zero-order valence-corrected chi connectivity index (χ0v) is 22.3. The van der Waals surface area contributed by atoms with Crippen LogP contribution in [0, 0.1) is 17.6 Å². The van der Waals surface area contributed by atoms with Crippen LogP contribution < -0.4 is 24.8 Å². The summed E-state index contributed by atoms with van der Waals surface area (Å²) >= 11 is 1.55. The van der Waals surface area contributed by atoms with Crippen molar-refractivity contribution in [3.8, 4) is 11.1 Å². The van der Waals surface area contributed by atoms with Crippen molar-refractivity contribution in [2.24, 2.45) is 5.41 Å². The Morgan fingerprint density at radius 3 is 2.07 bits per heavy atom. The fraction of sp³-hybridized carbons (Fsp3) is 0.346. The van der Waals surface area contributed by atoms with Gasteiger partial charge in [-0.1, -0.05) is 63.1 Å². The average molecular weight is 505 g/mol. The minimum Gasteiger partial charge on any atom is -1.00 e. The molecule has 2 aromatic rings. The van der Waals surface area contributed by atoms with E-state index in [0.29, 0.717) is 5.41 Å². The van der Waals surface area contributed by atoms with Gasteiger partial charge in [0, 0.05) is 0 Å². The monoisotopic (exact) mass is 502 g/mol. The molecule has 0 saturated carbocycles. The van der Waals surface area contributed by atoms with Crippen molar-refractivity contribution in [2.45, 2.75) is 54.4 Å². The Hall–Kier alpha value is -0.747. The van der Waals surface area contributed by atoms with Crippen molar-refractivity contribution in [2.75, 3.05) is 0 Å². The first-order valence-electron chi connectivity index (χ1n) is 9.56. The summed E-state index contributed by atoms with van der Waals surface area (Å²) in [4.78, 5) is 0. The fourth-order valence-electron chi connectivity index (χ4n) is 3.08. The Labute approximate surface area is 205 Å². The first-order chi connectivity index (χ1) is 12.7. The topological polar surface area (TPSA) is 0 Å². The van der Waals surface area contributed by atoms with Crippen LogP contribution in [0.1, 0.15) is 59.1 Å². The van der Waals surface area contributed by atoms with Crippen molar-refractivity contribution in [1.29, 1.82) is 0 Å². The van der Waals surface area contributed by atoms with Crippen LogP contribution in [0.2, 0.25) is 0 Å². The number of allylic oxidation sites excluding steroid dienone is 4. The van der Waals surface area contributed by atoms with E-state index < -0.39 is 0 Å². The second-order valence-corrected chi connectivity index (χ2v) is 10.8. The molecule has 0 nitrogen and oxygen atoms in total. The standard InChI is InChI=1S/C13H9.C10H15.C3H6.2ClH.Zr/c1-3-7-12-10(5-1)9-11-6-2-4-8-13(11)12;1-8-5-6-9(7-8)10(2,3)4;1-3-2;;;/h1-5,7-8H,9H2;7H,6H2,1-4H3;1-2H3;2*1H;/q2*-1;;;;+2/p-2. The third-order valence-corrected chi connectivity index (χ3v) is 4.53. The van der Waals surface area contributed by atoms with E-state index in [0.717, 1.165) is 12.8 Å². The van der Waals surface area contributed by atoms with Gasteiger partial charge in [0.2, 0.25) is 0 Å². The zero-order valence-electron chi connectivity index (χ0n) is 18.3. The van der Waals surface area contributed by atoms with Crippen LogP contribution in [0.5, 0.6) is 0 Å². The summed E-state index contributed by atoms with van der Waals surface area (Å²) < 4.78 is 1.51. The van der Waals surface area contributed by atoms with Gasteiger partial charge in [0.15, 0.2) is 0 Å². The molecule has 0 saturated heterocycles. The Kier molecular flexibility index (Phi) is 12.5. The van der Waals surface area contributed by atoms with Crippen LogP contribution in [0.4, 0.5) is 0 Å². The number of hydrogen-bond donors (Lipinski definition) is 0. The molecule has 154 valence electrons. The molecule has 0 amide bonds. The third-order valence-electron chi connectivity index (χ3n) is 4.53. The van der Waals surface area contributed by atoms with E-state index in [-0.39, 0.29) is 24.8 Å².